The average Bonchev–Trinajstić information content (AvgIpc) is 3.26. The van der Waals surface area contributed by atoms with E-state index in [1.807, 2.05) is 47.5 Å². The molecule has 1 atom stereocenters. The molecule has 5 rings (SSSR count). The summed E-state index contributed by atoms with van der Waals surface area (Å²) < 4.78 is 5.95. The van der Waals surface area contributed by atoms with Crippen molar-refractivity contribution in [2.75, 3.05) is 25.4 Å². The zero-order chi connectivity index (χ0) is 21.9. The largest absolute Gasteiger partial charge is 0.368 e. The van der Waals surface area contributed by atoms with Gasteiger partial charge in [-0.05, 0) is 30.2 Å². The maximum absolute atomic E-state index is 12.9. The molecule has 1 aliphatic heterocycles. The SMILES string of the molecule is Nc1ncc(-c2cccc([C@H]3CN(C(=O)CCc4c[nH]c5ccccc45)CCO3)n2)cn1. The lowest BCUT2D eigenvalue weighted by molar-refractivity contribution is -0.139. The summed E-state index contributed by atoms with van der Waals surface area (Å²) in [6.45, 7) is 1.57. The normalized spacial score (nSPS) is 16.4. The molecule has 0 saturated carbocycles. The molecule has 1 amide bonds. The third-order valence-electron chi connectivity index (χ3n) is 5.77. The van der Waals surface area contributed by atoms with E-state index >= 15 is 0 Å². The number of nitrogens with zero attached hydrogens (tertiary/aromatic N) is 4. The number of benzene rings is 1. The Bertz CT molecular complexity index is 1240. The number of fused-ring (bicyclic) bond motifs is 1. The van der Waals surface area contributed by atoms with Gasteiger partial charge in [-0.25, -0.2) is 15.0 Å². The molecule has 0 spiro atoms. The second kappa shape index (κ2) is 8.76. The van der Waals surface area contributed by atoms with Crippen molar-refractivity contribution < 1.29 is 9.53 Å². The Hall–Kier alpha value is -3.78. The van der Waals surface area contributed by atoms with Crippen LogP contribution in [0.4, 0.5) is 5.95 Å². The number of ether oxygens (including phenoxy) is 1. The summed E-state index contributed by atoms with van der Waals surface area (Å²) in [6.07, 6.45) is 6.19. The first-order chi connectivity index (χ1) is 15.7. The first-order valence-corrected chi connectivity index (χ1v) is 10.7. The van der Waals surface area contributed by atoms with Crippen molar-refractivity contribution in [1.29, 1.82) is 0 Å². The molecule has 1 aromatic carbocycles. The smallest absolute Gasteiger partial charge is 0.223 e. The summed E-state index contributed by atoms with van der Waals surface area (Å²) in [4.78, 5) is 30.9. The monoisotopic (exact) mass is 428 g/mol. The molecular formula is C24H24N6O2. The first-order valence-electron chi connectivity index (χ1n) is 10.7. The Morgan fingerprint density at radius 1 is 1.16 bits per heavy atom. The van der Waals surface area contributed by atoms with Crippen molar-refractivity contribution in [2.24, 2.45) is 0 Å². The summed E-state index contributed by atoms with van der Waals surface area (Å²) in [6, 6.07) is 13.9. The van der Waals surface area contributed by atoms with Crippen LogP contribution >= 0.6 is 0 Å². The molecule has 8 heteroatoms. The summed E-state index contributed by atoms with van der Waals surface area (Å²) in [7, 11) is 0. The van der Waals surface area contributed by atoms with E-state index < -0.39 is 0 Å². The molecule has 0 bridgehead atoms. The van der Waals surface area contributed by atoms with Gasteiger partial charge in [0.15, 0.2) is 0 Å². The molecule has 162 valence electrons. The lowest BCUT2D eigenvalue weighted by Crippen LogP contribution is -2.42. The number of rotatable bonds is 5. The number of nitrogens with two attached hydrogens (primary N) is 1. The van der Waals surface area contributed by atoms with Gasteiger partial charge in [-0.2, -0.15) is 0 Å². The molecule has 3 N–H and O–H groups in total. The summed E-state index contributed by atoms with van der Waals surface area (Å²) in [5, 5.41) is 1.17. The molecule has 0 unspecified atom stereocenters. The van der Waals surface area contributed by atoms with Gasteiger partial charge in [-0.15, -0.1) is 0 Å². The zero-order valence-electron chi connectivity index (χ0n) is 17.6. The number of nitrogens with one attached hydrogen (secondary N) is 1. The maximum atomic E-state index is 12.9. The van der Waals surface area contributed by atoms with Crippen LogP contribution in [0, 0.1) is 0 Å². The molecule has 4 aromatic rings. The molecule has 4 heterocycles. The number of aryl methyl sites for hydroxylation is 1. The first kappa shape index (κ1) is 20.1. The second-order valence-corrected chi connectivity index (χ2v) is 7.84. The molecular weight excluding hydrogens is 404 g/mol. The van der Waals surface area contributed by atoms with Crippen molar-refractivity contribution in [3.8, 4) is 11.3 Å². The van der Waals surface area contributed by atoms with Crippen molar-refractivity contribution in [3.05, 3.63) is 72.3 Å². The van der Waals surface area contributed by atoms with Crippen LogP contribution in [-0.2, 0) is 16.0 Å². The number of hydrogen-bond donors (Lipinski definition) is 2. The number of anilines is 1. The van der Waals surface area contributed by atoms with E-state index in [0.29, 0.717) is 32.5 Å². The van der Waals surface area contributed by atoms with Gasteiger partial charge >= 0.3 is 0 Å². The van der Waals surface area contributed by atoms with E-state index in [4.69, 9.17) is 15.5 Å². The molecule has 1 fully saturated rings. The molecule has 1 aliphatic rings. The van der Waals surface area contributed by atoms with Gasteiger partial charge in [0.05, 0.1) is 24.5 Å². The Morgan fingerprint density at radius 2 is 2.00 bits per heavy atom. The highest BCUT2D eigenvalue weighted by atomic mass is 16.5. The summed E-state index contributed by atoms with van der Waals surface area (Å²) in [5.41, 5.74) is 10.1. The molecule has 8 nitrogen and oxygen atoms in total. The van der Waals surface area contributed by atoms with Gasteiger partial charge in [-0.3, -0.25) is 4.79 Å². The van der Waals surface area contributed by atoms with E-state index in [9.17, 15) is 4.79 Å². The highest BCUT2D eigenvalue weighted by molar-refractivity contribution is 5.84. The molecule has 0 radical (unpaired) electrons. The number of morpholine rings is 1. The van der Waals surface area contributed by atoms with Crippen molar-refractivity contribution in [3.63, 3.8) is 0 Å². The molecule has 32 heavy (non-hydrogen) atoms. The number of carbonyl (C=O) groups excluding carboxylic acids is 1. The number of para-hydroxylation sites is 1. The van der Waals surface area contributed by atoms with Crippen molar-refractivity contribution >= 4 is 22.8 Å². The van der Waals surface area contributed by atoms with Crippen LogP contribution in [0.3, 0.4) is 0 Å². The van der Waals surface area contributed by atoms with Gasteiger partial charge < -0.3 is 20.4 Å². The van der Waals surface area contributed by atoms with Crippen LogP contribution in [0.25, 0.3) is 22.2 Å². The predicted octanol–water partition coefficient (Wildman–Crippen LogP) is 3.13. The molecule has 0 aliphatic carbocycles. The van der Waals surface area contributed by atoms with E-state index in [0.717, 1.165) is 22.5 Å². The number of nitrogen functional groups attached to an aromatic ring is 1. The molecule has 1 saturated heterocycles. The third kappa shape index (κ3) is 4.17. The zero-order valence-corrected chi connectivity index (χ0v) is 17.6. The fourth-order valence-electron chi connectivity index (χ4n) is 4.05. The highest BCUT2D eigenvalue weighted by Gasteiger charge is 2.26. The standard InChI is InChI=1S/C24H24N6O2/c25-24-27-13-17(14-28-24)19-6-3-7-21(29-19)22-15-30(10-11-32-22)23(31)9-8-16-12-26-20-5-2-1-4-18(16)20/h1-7,12-14,22,26H,8-11,15H2,(H2,25,27,28)/t22-/m1/s1. The summed E-state index contributed by atoms with van der Waals surface area (Å²) >= 11 is 0. The van der Waals surface area contributed by atoms with Crippen LogP contribution in [0.15, 0.2) is 61.1 Å². The second-order valence-electron chi connectivity index (χ2n) is 7.84. The fraction of sp³-hybridized carbons (Fsp3) is 0.250. The number of aromatic nitrogens is 4. The number of amides is 1. The number of pyridine rings is 1. The van der Waals surface area contributed by atoms with E-state index in [1.54, 1.807) is 12.4 Å². The van der Waals surface area contributed by atoms with Gasteiger partial charge in [0.25, 0.3) is 0 Å². The quantitative estimate of drug-likeness (QED) is 0.505. The Morgan fingerprint density at radius 3 is 2.88 bits per heavy atom. The topological polar surface area (TPSA) is 110 Å². The van der Waals surface area contributed by atoms with E-state index in [-0.39, 0.29) is 18.0 Å². The summed E-state index contributed by atoms with van der Waals surface area (Å²) in [5.74, 6) is 0.356. The van der Waals surface area contributed by atoms with Gasteiger partial charge in [0.1, 0.15) is 6.10 Å². The minimum Gasteiger partial charge on any atom is -0.368 e. The fourth-order valence-corrected chi connectivity index (χ4v) is 4.05. The van der Waals surface area contributed by atoms with Gasteiger partial charge in [-0.1, -0.05) is 24.3 Å². The number of H-pyrrole nitrogens is 1. The number of carbonyl (C=O) groups is 1. The molecule has 3 aromatic heterocycles. The highest BCUT2D eigenvalue weighted by Crippen LogP contribution is 2.25. The third-order valence-corrected chi connectivity index (χ3v) is 5.77. The van der Waals surface area contributed by atoms with Crippen molar-refractivity contribution in [2.45, 2.75) is 18.9 Å². The van der Waals surface area contributed by atoms with Crippen LogP contribution in [0.1, 0.15) is 23.8 Å². The number of hydrogen-bond acceptors (Lipinski definition) is 6. The minimum absolute atomic E-state index is 0.131. The van der Waals surface area contributed by atoms with E-state index in [2.05, 4.69) is 21.0 Å². The van der Waals surface area contributed by atoms with Crippen LogP contribution < -0.4 is 5.73 Å². The Kier molecular flexibility index (Phi) is 5.51. The Labute approximate surface area is 185 Å². The van der Waals surface area contributed by atoms with Gasteiger partial charge in [0.2, 0.25) is 11.9 Å². The van der Waals surface area contributed by atoms with Crippen LogP contribution in [-0.4, -0.2) is 50.4 Å². The minimum atomic E-state index is -0.268. The predicted molar refractivity (Wildman–Crippen MR) is 122 cm³/mol. The maximum Gasteiger partial charge on any atom is 0.223 e. The van der Waals surface area contributed by atoms with Crippen LogP contribution in [0.2, 0.25) is 0 Å². The van der Waals surface area contributed by atoms with Crippen LogP contribution in [0.5, 0.6) is 0 Å². The van der Waals surface area contributed by atoms with Crippen molar-refractivity contribution in [1.82, 2.24) is 24.8 Å². The Balaban J connectivity index is 1.25. The average molecular weight is 428 g/mol. The number of aromatic amines is 1. The lowest BCUT2D eigenvalue weighted by Gasteiger charge is -2.33. The lowest BCUT2D eigenvalue weighted by atomic mass is 10.1. The van der Waals surface area contributed by atoms with E-state index in [1.165, 1.54) is 10.9 Å². The van der Waals surface area contributed by atoms with Gasteiger partial charge in [0, 0.05) is 48.0 Å².